The first kappa shape index (κ1) is 11.0. The second-order valence-electron chi connectivity index (χ2n) is 4.49. The van der Waals surface area contributed by atoms with Crippen LogP contribution in [0.3, 0.4) is 0 Å². The van der Waals surface area contributed by atoms with Gasteiger partial charge in [0.05, 0.1) is 11.4 Å². The van der Waals surface area contributed by atoms with Gasteiger partial charge in [0.15, 0.2) is 0 Å². The zero-order valence-electron chi connectivity index (χ0n) is 10.3. The van der Waals surface area contributed by atoms with E-state index in [2.05, 4.69) is 4.98 Å². The average molecular weight is 240 g/mol. The summed E-state index contributed by atoms with van der Waals surface area (Å²) in [6.45, 7) is 4.02. The largest absolute Gasteiger partial charge is 0.299 e. The molecule has 0 aliphatic heterocycles. The highest BCUT2D eigenvalue weighted by molar-refractivity contribution is 5.67. The third-order valence-electron chi connectivity index (χ3n) is 3.07. The van der Waals surface area contributed by atoms with Gasteiger partial charge in [-0.2, -0.15) is 0 Å². The van der Waals surface area contributed by atoms with Crippen molar-refractivity contribution in [1.82, 2.24) is 9.38 Å². The molecule has 0 atom stereocenters. The van der Waals surface area contributed by atoms with E-state index in [1.807, 2.05) is 36.6 Å². The van der Waals surface area contributed by atoms with Gasteiger partial charge in [-0.3, -0.25) is 4.40 Å². The van der Waals surface area contributed by atoms with Gasteiger partial charge < -0.3 is 0 Å². The number of halogens is 1. The molecule has 0 saturated heterocycles. The summed E-state index contributed by atoms with van der Waals surface area (Å²) in [5.41, 5.74) is 5.05. The molecular weight excluding hydrogens is 227 g/mol. The van der Waals surface area contributed by atoms with Gasteiger partial charge in [-0.15, -0.1) is 0 Å². The molecule has 0 bridgehead atoms. The van der Waals surface area contributed by atoms with E-state index >= 15 is 0 Å². The van der Waals surface area contributed by atoms with Crippen LogP contribution in [-0.4, -0.2) is 9.38 Å². The maximum Gasteiger partial charge on any atom is 0.137 e. The fourth-order valence-electron chi connectivity index (χ4n) is 2.22. The topological polar surface area (TPSA) is 17.3 Å². The zero-order valence-corrected chi connectivity index (χ0v) is 10.3. The Balaban J connectivity index is 2.28. The van der Waals surface area contributed by atoms with E-state index in [0.29, 0.717) is 0 Å². The van der Waals surface area contributed by atoms with E-state index in [1.165, 1.54) is 17.7 Å². The van der Waals surface area contributed by atoms with Crippen LogP contribution in [0.2, 0.25) is 0 Å². The molecule has 2 heterocycles. The monoisotopic (exact) mass is 240 g/mol. The van der Waals surface area contributed by atoms with E-state index in [-0.39, 0.29) is 5.82 Å². The fraction of sp³-hybridized carbons (Fsp3) is 0.133. The maximum absolute atomic E-state index is 13.0. The lowest BCUT2D eigenvalue weighted by atomic mass is 10.1. The number of rotatable bonds is 1. The summed E-state index contributed by atoms with van der Waals surface area (Å²) in [6, 6.07) is 10.6. The third-order valence-corrected chi connectivity index (χ3v) is 3.07. The zero-order chi connectivity index (χ0) is 12.7. The first-order valence-electron chi connectivity index (χ1n) is 5.86. The third kappa shape index (κ3) is 1.68. The summed E-state index contributed by atoms with van der Waals surface area (Å²) < 4.78 is 15.0. The lowest BCUT2D eigenvalue weighted by molar-refractivity contribution is 0.628. The van der Waals surface area contributed by atoms with Crippen LogP contribution < -0.4 is 0 Å². The minimum Gasteiger partial charge on any atom is -0.299 e. The van der Waals surface area contributed by atoms with Crippen LogP contribution >= 0.6 is 0 Å². The molecule has 0 spiro atoms. The van der Waals surface area contributed by atoms with Gasteiger partial charge in [-0.05, 0) is 55.8 Å². The summed E-state index contributed by atoms with van der Waals surface area (Å²) in [4.78, 5) is 4.54. The number of aromatic nitrogens is 2. The van der Waals surface area contributed by atoms with Crippen molar-refractivity contribution in [2.24, 2.45) is 0 Å². The number of aryl methyl sites for hydroxylation is 2. The van der Waals surface area contributed by atoms with Crippen molar-refractivity contribution < 1.29 is 4.39 Å². The SMILES string of the molecule is Cc1ccn2c(-c3ccc(F)cc3)c(C)nc2c1. The first-order chi connectivity index (χ1) is 8.65. The number of hydrogen-bond donors (Lipinski definition) is 0. The van der Waals surface area contributed by atoms with Gasteiger partial charge in [0.1, 0.15) is 11.5 Å². The molecule has 90 valence electrons. The van der Waals surface area contributed by atoms with Crippen molar-refractivity contribution in [3.05, 3.63) is 59.7 Å². The van der Waals surface area contributed by atoms with Crippen molar-refractivity contribution in [2.45, 2.75) is 13.8 Å². The molecule has 0 aliphatic carbocycles. The highest BCUT2D eigenvalue weighted by Crippen LogP contribution is 2.25. The first-order valence-corrected chi connectivity index (χ1v) is 5.86. The number of fused-ring (bicyclic) bond motifs is 1. The molecule has 0 radical (unpaired) electrons. The summed E-state index contributed by atoms with van der Waals surface area (Å²) in [5, 5.41) is 0. The van der Waals surface area contributed by atoms with E-state index in [9.17, 15) is 4.39 Å². The van der Waals surface area contributed by atoms with Crippen LogP contribution in [0.1, 0.15) is 11.3 Å². The molecular formula is C15H13FN2. The van der Waals surface area contributed by atoms with Crippen LogP contribution in [0.15, 0.2) is 42.6 Å². The van der Waals surface area contributed by atoms with Gasteiger partial charge in [0.2, 0.25) is 0 Å². The Bertz CT molecular complexity index is 711. The van der Waals surface area contributed by atoms with Crippen molar-refractivity contribution in [3.8, 4) is 11.3 Å². The van der Waals surface area contributed by atoms with Gasteiger partial charge in [0, 0.05) is 11.8 Å². The summed E-state index contributed by atoms with van der Waals surface area (Å²) in [6.07, 6.45) is 2.00. The van der Waals surface area contributed by atoms with Gasteiger partial charge >= 0.3 is 0 Å². The Labute approximate surface area is 105 Å². The molecule has 0 saturated carbocycles. The molecule has 0 amide bonds. The molecule has 3 rings (SSSR count). The highest BCUT2D eigenvalue weighted by atomic mass is 19.1. The number of nitrogens with zero attached hydrogens (tertiary/aromatic N) is 2. The maximum atomic E-state index is 13.0. The van der Waals surface area contributed by atoms with Gasteiger partial charge in [-0.25, -0.2) is 9.37 Å². The molecule has 0 aliphatic rings. The Morgan fingerprint density at radius 2 is 1.78 bits per heavy atom. The Morgan fingerprint density at radius 1 is 1.06 bits per heavy atom. The lowest BCUT2D eigenvalue weighted by Gasteiger charge is -2.03. The number of hydrogen-bond acceptors (Lipinski definition) is 1. The molecule has 0 unspecified atom stereocenters. The Morgan fingerprint density at radius 3 is 2.50 bits per heavy atom. The minimum absolute atomic E-state index is 0.221. The van der Waals surface area contributed by atoms with E-state index < -0.39 is 0 Å². The fourth-order valence-corrected chi connectivity index (χ4v) is 2.22. The van der Waals surface area contributed by atoms with Crippen LogP contribution in [-0.2, 0) is 0 Å². The second kappa shape index (κ2) is 3.95. The molecule has 2 aromatic heterocycles. The van der Waals surface area contributed by atoms with E-state index in [0.717, 1.165) is 22.6 Å². The van der Waals surface area contributed by atoms with Gasteiger partial charge in [0.25, 0.3) is 0 Å². The number of pyridine rings is 1. The molecule has 3 heteroatoms. The van der Waals surface area contributed by atoms with Crippen molar-refractivity contribution >= 4 is 5.65 Å². The number of benzene rings is 1. The normalized spacial score (nSPS) is 11.1. The van der Waals surface area contributed by atoms with Crippen molar-refractivity contribution in [3.63, 3.8) is 0 Å². The second-order valence-corrected chi connectivity index (χ2v) is 4.49. The molecule has 0 N–H and O–H groups in total. The smallest absolute Gasteiger partial charge is 0.137 e. The average Bonchev–Trinajstić information content (AvgIpc) is 2.65. The predicted molar refractivity (Wildman–Crippen MR) is 70.1 cm³/mol. The molecule has 1 aromatic carbocycles. The minimum atomic E-state index is -0.221. The molecule has 3 aromatic rings. The lowest BCUT2D eigenvalue weighted by Crippen LogP contribution is -1.89. The molecule has 0 fully saturated rings. The Hall–Kier alpha value is -2.16. The number of imidazole rings is 1. The van der Waals surface area contributed by atoms with Gasteiger partial charge in [-0.1, -0.05) is 0 Å². The van der Waals surface area contributed by atoms with Crippen molar-refractivity contribution in [2.75, 3.05) is 0 Å². The van der Waals surface area contributed by atoms with E-state index in [4.69, 9.17) is 0 Å². The van der Waals surface area contributed by atoms with Crippen LogP contribution in [0.5, 0.6) is 0 Å². The van der Waals surface area contributed by atoms with Crippen LogP contribution in [0, 0.1) is 19.7 Å². The quantitative estimate of drug-likeness (QED) is 0.633. The van der Waals surface area contributed by atoms with Crippen LogP contribution in [0.4, 0.5) is 4.39 Å². The molecule has 18 heavy (non-hydrogen) atoms. The molecule has 2 nitrogen and oxygen atoms in total. The summed E-state index contributed by atoms with van der Waals surface area (Å²) in [7, 11) is 0. The van der Waals surface area contributed by atoms with E-state index in [1.54, 1.807) is 12.1 Å². The summed E-state index contributed by atoms with van der Waals surface area (Å²) in [5.74, 6) is -0.221. The van der Waals surface area contributed by atoms with Crippen LogP contribution in [0.25, 0.3) is 16.9 Å². The standard InChI is InChI=1S/C15H13FN2/c1-10-7-8-18-14(9-10)17-11(2)15(18)12-3-5-13(16)6-4-12/h3-9H,1-2H3. The Kier molecular flexibility index (Phi) is 2.40. The summed E-state index contributed by atoms with van der Waals surface area (Å²) >= 11 is 0. The van der Waals surface area contributed by atoms with Crippen molar-refractivity contribution in [1.29, 1.82) is 0 Å². The highest BCUT2D eigenvalue weighted by Gasteiger charge is 2.10. The predicted octanol–water partition coefficient (Wildman–Crippen LogP) is 3.76.